The lowest BCUT2D eigenvalue weighted by Crippen LogP contribution is -2.25. The number of hydrogen-bond acceptors (Lipinski definition) is 4. The summed E-state index contributed by atoms with van der Waals surface area (Å²) in [6, 6.07) is 8.57. The molecule has 0 saturated heterocycles. The van der Waals surface area contributed by atoms with Gasteiger partial charge in [-0.25, -0.2) is 0 Å². The van der Waals surface area contributed by atoms with Crippen LogP contribution in [0.3, 0.4) is 0 Å². The van der Waals surface area contributed by atoms with Gasteiger partial charge >= 0.3 is 0 Å². The molecule has 2 rings (SSSR count). The highest BCUT2D eigenvalue weighted by atomic mass is 15.3. The smallest absolute Gasteiger partial charge is 0.155 e. The number of rotatable bonds is 13. The van der Waals surface area contributed by atoms with Crippen molar-refractivity contribution in [3.8, 4) is 0 Å². The van der Waals surface area contributed by atoms with Gasteiger partial charge in [0.1, 0.15) is 0 Å². The van der Waals surface area contributed by atoms with Gasteiger partial charge in [0.05, 0.1) is 5.52 Å². The first kappa shape index (κ1) is 20.7. The summed E-state index contributed by atoms with van der Waals surface area (Å²) in [5.74, 6) is 1.03. The molecule has 0 atom stereocenters. The molecule has 0 amide bonds. The number of nitrogens with one attached hydrogen (secondary N) is 1. The fraction of sp³-hybridized carbons (Fsp3) is 0.667. The average molecular weight is 360 g/mol. The zero-order valence-electron chi connectivity index (χ0n) is 17.2. The van der Waals surface area contributed by atoms with E-state index in [9.17, 15) is 0 Å². The number of nitrogens with zero attached hydrogens (tertiary/aromatic N) is 4. The zero-order chi connectivity index (χ0) is 18.8. The Kier molecular flexibility index (Phi) is 8.92. The van der Waals surface area contributed by atoms with Gasteiger partial charge in [-0.2, -0.15) is 5.10 Å². The highest BCUT2D eigenvalue weighted by molar-refractivity contribution is 5.90. The Morgan fingerprint density at radius 2 is 1.50 bits per heavy atom. The summed E-state index contributed by atoms with van der Waals surface area (Å²) in [6.07, 6.45) is 2.28. The molecule has 2 aromatic rings. The summed E-state index contributed by atoms with van der Waals surface area (Å²) in [5.41, 5.74) is 1.23. The van der Waals surface area contributed by atoms with E-state index in [-0.39, 0.29) is 0 Å². The molecular weight excluding hydrogens is 322 g/mol. The second-order valence-electron chi connectivity index (χ2n) is 6.78. The predicted octanol–water partition coefficient (Wildman–Crippen LogP) is 3.91. The summed E-state index contributed by atoms with van der Waals surface area (Å²) in [6.45, 7) is 17.6. The molecule has 0 unspecified atom stereocenters. The van der Waals surface area contributed by atoms with Crippen molar-refractivity contribution in [2.24, 2.45) is 0 Å². The summed E-state index contributed by atoms with van der Waals surface area (Å²) >= 11 is 0. The Morgan fingerprint density at radius 1 is 0.885 bits per heavy atom. The summed E-state index contributed by atoms with van der Waals surface area (Å²) < 4.78 is 2.17. The third kappa shape index (κ3) is 5.71. The van der Waals surface area contributed by atoms with Crippen molar-refractivity contribution >= 4 is 16.7 Å². The zero-order valence-corrected chi connectivity index (χ0v) is 17.2. The van der Waals surface area contributed by atoms with Crippen molar-refractivity contribution < 1.29 is 0 Å². The minimum Gasteiger partial charge on any atom is -0.368 e. The molecule has 0 aliphatic carbocycles. The van der Waals surface area contributed by atoms with E-state index in [1.807, 2.05) is 0 Å². The van der Waals surface area contributed by atoms with Crippen LogP contribution in [0.5, 0.6) is 0 Å². The van der Waals surface area contributed by atoms with Crippen LogP contribution in [0.2, 0.25) is 0 Å². The molecule has 0 radical (unpaired) electrons. The van der Waals surface area contributed by atoms with Gasteiger partial charge in [-0.15, -0.1) is 0 Å². The fourth-order valence-corrected chi connectivity index (χ4v) is 3.46. The maximum Gasteiger partial charge on any atom is 0.155 e. The molecule has 26 heavy (non-hydrogen) atoms. The van der Waals surface area contributed by atoms with Crippen molar-refractivity contribution in [1.82, 2.24) is 19.6 Å². The standard InChI is InChI=1S/C21H37N5/c1-5-24(6-2)16-11-15-22-21-19-13-9-10-14-20(19)26(23-21)18-12-17-25(7-3)8-4/h9-10,13-14H,5-8,11-12,15-18H2,1-4H3,(H,22,23). The summed E-state index contributed by atoms with van der Waals surface area (Å²) in [5, 5.41) is 9.67. The van der Waals surface area contributed by atoms with E-state index in [2.05, 4.69) is 71.8 Å². The largest absolute Gasteiger partial charge is 0.368 e. The van der Waals surface area contributed by atoms with Crippen LogP contribution in [-0.2, 0) is 6.54 Å². The molecule has 5 nitrogen and oxygen atoms in total. The van der Waals surface area contributed by atoms with Crippen LogP contribution in [0.1, 0.15) is 40.5 Å². The SMILES string of the molecule is CCN(CC)CCCNc1nn(CCCN(CC)CC)c2ccccc12. The summed E-state index contributed by atoms with van der Waals surface area (Å²) in [4.78, 5) is 4.93. The normalized spacial score (nSPS) is 11.8. The second-order valence-corrected chi connectivity index (χ2v) is 6.78. The Morgan fingerprint density at radius 3 is 2.15 bits per heavy atom. The number of hydrogen-bond donors (Lipinski definition) is 1. The van der Waals surface area contributed by atoms with E-state index in [1.165, 1.54) is 10.9 Å². The predicted molar refractivity (Wildman–Crippen MR) is 113 cm³/mol. The molecule has 1 aromatic carbocycles. The second kappa shape index (κ2) is 11.2. The first-order valence-electron chi connectivity index (χ1n) is 10.4. The maximum atomic E-state index is 4.87. The molecule has 0 fully saturated rings. The van der Waals surface area contributed by atoms with Crippen LogP contribution >= 0.6 is 0 Å². The van der Waals surface area contributed by atoms with Gasteiger partial charge in [-0.1, -0.05) is 39.8 Å². The van der Waals surface area contributed by atoms with Crippen molar-refractivity contribution in [3.05, 3.63) is 24.3 Å². The Hall–Kier alpha value is -1.59. The molecule has 0 aliphatic rings. The van der Waals surface area contributed by atoms with Crippen molar-refractivity contribution in [3.63, 3.8) is 0 Å². The molecule has 0 spiro atoms. The highest BCUT2D eigenvalue weighted by Gasteiger charge is 2.10. The number of aryl methyl sites for hydroxylation is 1. The van der Waals surface area contributed by atoms with Crippen LogP contribution < -0.4 is 5.32 Å². The topological polar surface area (TPSA) is 36.3 Å². The van der Waals surface area contributed by atoms with Gasteiger partial charge in [-0.3, -0.25) is 4.68 Å². The molecule has 0 bridgehead atoms. The Labute approximate surface area is 159 Å². The monoisotopic (exact) mass is 359 g/mol. The van der Waals surface area contributed by atoms with E-state index < -0.39 is 0 Å². The van der Waals surface area contributed by atoms with Crippen molar-refractivity contribution in [2.75, 3.05) is 51.1 Å². The van der Waals surface area contributed by atoms with E-state index >= 15 is 0 Å². The highest BCUT2D eigenvalue weighted by Crippen LogP contribution is 2.23. The van der Waals surface area contributed by atoms with E-state index in [0.29, 0.717) is 0 Å². The molecular formula is C21H37N5. The first-order chi connectivity index (χ1) is 12.7. The molecule has 1 heterocycles. The summed E-state index contributed by atoms with van der Waals surface area (Å²) in [7, 11) is 0. The quantitative estimate of drug-likeness (QED) is 0.550. The average Bonchev–Trinajstić information content (AvgIpc) is 3.03. The molecule has 0 aliphatic heterocycles. The maximum absolute atomic E-state index is 4.87. The van der Waals surface area contributed by atoms with E-state index in [0.717, 1.165) is 71.0 Å². The van der Waals surface area contributed by atoms with Gasteiger partial charge in [0, 0.05) is 18.5 Å². The van der Waals surface area contributed by atoms with E-state index in [4.69, 9.17) is 5.10 Å². The minimum absolute atomic E-state index is 0.969. The fourth-order valence-electron chi connectivity index (χ4n) is 3.46. The first-order valence-corrected chi connectivity index (χ1v) is 10.4. The van der Waals surface area contributed by atoms with Gasteiger partial charge < -0.3 is 15.1 Å². The molecule has 1 N–H and O–H groups in total. The van der Waals surface area contributed by atoms with Gasteiger partial charge in [0.2, 0.25) is 0 Å². The van der Waals surface area contributed by atoms with Gasteiger partial charge in [0.15, 0.2) is 5.82 Å². The van der Waals surface area contributed by atoms with E-state index in [1.54, 1.807) is 0 Å². The number of anilines is 1. The number of fused-ring (bicyclic) bond motifs is 1. The number of aromatic nitrogens is 2. The minimum atomic E-state index is 0.969. The van der Waals surface area contributed by atoms with Crippen LogP contribution in [0.25, 0.3) is 10.9 Å². The van der Waals surface area contributed by atoms with Crippen molar-refractivity contribution in [2.45, 2.75) is 47.1 Å². The van der Waals surface area contributed by atoms with Crippen LogP contribution in [0, 0.1) is 0 Å². The molecule has 146 valence electrons. The Bertz CT molecular complexity index is 628. The van der Waals surface area contributed by atoms with Crippen LogP contribution in [0.4, 0.5) is 5.82 Å². The van der Waals surface area contributed by atoms with Crippen LogP contribution in [-0.4, -0.2) is 65.4 Å². The number of para-hydroxylation sites is 1. The van der Waals surface area contributed by atoms with Gasteiger partial charge in [-0.05, 0) is 64.2 Å². The lowest BCUT2D eigenvalue weighted by atomic mass is 10.2. The van der Waals surface area contributed by atoms with Gasteiger partial charge in [0.25, 0.3) is 0 Å². The number of benzene rings is 1. The molecule has 0 saturated carbocycles. The lowest BCUT2D eigenvalue weighted by Gasteiger charge is -2.17. The molecule has 1 aromatic heterocycles. The Balaban J connectivity index is 1.95. The third-order valence-corrected chi connectivity index (χ3v) is 5.23. The lowest BCUT2D eigenvalue weighted by molar-refractivity contribution is 0.292. The molecule has 5 heteroatoms. The third-order valence-electron chi connectivity index (χ3n) is 5.23. The van der Waals surface area contributed by atoms with Crippen molar-refractivity contribution in [1.29, 1.82) is 0 Å². The van der Waals surface area contributed by atoms with Crippen LogP contribution in [0.15, 0.2) is 24.3 Å².